The number of benzene rings is 1. The van der Waals surface area contributed by atoms with Crippen LogP contribution in [0.25, 0.3) is 11.0 Å². The molecule has 1 saturated carbocycles. The summed E-state index contributed by atoms with van der Waals surface area (Å²) in [6.45, 7) is 1.95. The van der Waals surface area contributed by atoms with Crippen LogP contribution in [0.15, 0.2) is 18.2 Å². The number of rotatable bonds is 2. The second-order valence-electron chi connectivity index (χ2n) is 5.16. The van der Waals surface area contributed by atoms with Crippen molar-refractivity contribution < 1.29 is 9.90 Å². The third kappa shape index (κ3) is 1.32. The molecule has 1 aromatic heterocycles. The third-order valence-electron chi connectivity index (χ3n) is 4.27. The highest BCUT2D eigenvalue weighted by Crippen LogP contribution is 2.44. The number of aryl methyl sites for hydroxylation is 2. The van der Waals surface area contributed by atoms with Crippen LogP contribution < -0.4 is 0 Å². The molecule has 1 fully saturated rings. The normalized spacial score (nSPS) is 17.7. The van der Waals surface area contributed by atoms with Crippen LogP contribution in [0.3, 0.4) is 0 Å². The molecule has 0 aliphatic heterocycles. The Morgan fingerprint density at radius 2 is 2.17 bits per heavy atom. The van der Waals surface area contributed by atoms with Crippen LogP contribution in [0.1, 0.15) is 30.7 Å². The van der Waals surface area contributed by atoms with Gasteiger partial charge in [-0.15, -0.1) is 0 Å². The van der Waals surface area contributed by atoms with Crippen molar-refractivity contribution in [2.24, 2.45) is 7.05 Å². The Labute approximate surface area is 105 Å². The number of imidazole rings is 1. The molecule has 1 aromatic carbocycles. The van der Waals surface area contributed by atoms with Gasteiger partial charge in [0.25, 0.3) is 0 Å². The lowest BCUT2D eigenvalue weighted by Crippen LogP contribution is -2.42. The van der Waals surface area contributed by atoms with Gasteiger partial charge < -0.3 is 9.67 Å². The minimum atomic E-state index is -0.702. The van der Waals surface area contributed by atoms with Crippen molar-refractivity contribution in [2.75, 3.05) is 0 Å². The monoisotopic (exact) mass is 244 g/mol. The van der Waals surface area contributed by atoms with Gasteiger partial charge in [0.15, 0.2) is 0 Å². The molecule has 0 unspecified atom stereocenters. The van der Waals surface area contributed by atoms with E-state index >= 15 is 0 Å². The highest BCUT2D eigenvalue weighted by atomic mass is 16.4. The maximum absolute atomic E-state index is 11.5. The maximum atomic E-state index is 11.5. The molecule has 18 heavy (non-hydrogen) atoms. The zero-order valence-corrected chi connectivity index (χ0v) is 10.6. The Kier molecular flexibility index (Phi) is 2.24. The fourth-order valence-electron chi connectivity index (χ4n) is 2.76. The lowest BCUT2D eigenvalue weighted by atomic mass is 9.64. The highest BCUT2D eigenvalue weighted by molar-refractivity contribution is 5.85. The van der Waals surface area contributed by atoms with Crippen molar-refractivity contribution in [3.63, 3.8) is 0 Å². The van der Waals surface area contributed by atoms with Gasteiger partial charge in [0.1, 0.15) is 5.82 Å². The number of nitrogens with zero attached hydrogens (tertiary/aromatic N) is 2. The fraction of sp³-hybridized carbons (Fsp3) is 0.429. The third-order valence-corrected chi connectivity index (χ3v) is 4.27. The van der Waals surface area contributed by atoms with Crippen molar-refractivity contribution in [1.29, 1.82) is 0 Å². The van der Waals surface area contributed by atoms with Crippen LogP contribution in [0.5, 0.6) is 0 Å². The van der Waals surface area contributed by atoms with Crippen molar-refractivity contribution in [2.45, 2.75) is 31.6 Å². The van der Waals surface area contributed by atoms with E-state index in [2.05, 4.69) is 4.98 Å². The summed E-state index contributed by atoms with van der Waals surface area (Å²) in [5.41, 5.74) is 2.19. The molecule has 0 saturated heterocycles. The second-order valence-corrected chi connectivity index (χ2v) is 5.16. The van der Waals surface area contributed by atoms with Crippen LogP contribution in [-0.4, -0.2) is 20.6 Å². The van der Waals surface area contributed by atoms with E-state index in [9.17, 15) is 9.90 Å². The van der Waals surface area contributed by atoms with Crippen LogP contribution in [0.4, 0.5) is 0 Å². The quantitative estimate of drug-likeness (QED) is 0.882. The number of aromatic nitrogens is 2. The lowest BCUT2D eigenvalue weighted by Gasteiger charge is -2.38. The Morgan fingerprint density at radius 3 is 2.72 bits per heavy atom. The number of hydrogen-bond acceptors (Lipinski definition) is 2. The zero-order chi connectivity index (χ0) is 12.9. The van der Waals surface area contributed by atoms with Gasteiger partial charge in [0.05, 0.1) is 16.4 Å². The predicted molar refractivity (Wildman–Crippen MR) is 68.6 cm³/mol. The topological polar surface area (TPSA) is 55.1 Å². The molecular formula is C14H16N2O2. The Balaban J connectivity index is 2.18. The van der Waals surface area contributed by atoms with E-state index < -0.39 is 11.4 Å². The minimum absolute atomic E-state index is 0.660. The average Bonchev–Trinajstić information content (AvgIpc) is 2.53. The summed E-state index contributed by atoms with van der Waals surface area (Å²) in [4.78, 5) is 15.9. The summed E-state index contributed by atoms with van der Waals surface area (Å²) in [5, 5.41) is 9.46. The SMILES string of the molecule is Cc1nc2ccc(C3(C(=O)O)CCC3)cc2n1C. The minimum Gasteiger partial charge on any atom is -0.481 e. The van der Waals surface area contributed by atoms with Crippen molar-refractivity contribution in [3.05, 3.63) is 29.6 Å². The van der Waals surface area contributed by atoms with Crippen molar-refractivity contribution in [3.8, 4) is 0 Å². The molecule has 1 aliphatic rings. The standard InChI is InChI=1S/C14H16N2O2/c1-9-15-11-5-4-10(8-12(11)16(9)2)14(13(17)18)6-3-7-14/h4-5,8H,3,6-7H2,1-2H3,(H,17,18). The lowest BCUT2D eigenvalue weighted by molar-refractivity contribution is -0.147. The van der Waals surface area contributed by atoms with E-state index in [0.717, 1.165) is 41.7 Å². The van der Waals surface area contributed by atoms with Crippen LogP contribution in [0.2, 0.25) is 0 Å². The van der Waals surface area contributed by atoms with Crippen molar-refractivity contribution >= 4 is 17.0 Å². The largest absolute Gasteiger partial charge is 0.481 e. The van der Waals surface area contributed by atoms with Gasteiger partial charge in [-0.1, -0.05) is 12.5 Å². The van der Waals surface area contributed by atoms with Gasteiger partial charge in [0, 0.05) is 7.05 Å². The first-order valence-electron chi connectivity index (χ1n) is 6.21. The molecule has 4 nitrogen and oxygen atoms in total. The second kappa shape index (κ2) is 3.57. The first-order chi connectivity index (χ1) is 8.54. The highest BCUT2D eigenvalue weighted by Gasteiger charge is 2.46. The van der Waals surface area contributed by atoms with Crippen LogP contribution >= 0.6 is 0 Å². The van der Waals surface area contributed by atoms with Crippen molar-refractivity contribution in [1.82, 2.24) is 9.55 Å². The molecule has 0 atom stereocenters. The van der Waals surface area contributed by atoms with E-state index in [1.165, 1.54) is 0 Å². The number of carboxylic acids is 1. The molecular weight excluding hydrogens is 228 g/mol. The molecule has 0 spiro atoms. The molecule has 1 N–H and O–H groups in total. The molecule has 4 heteroatoms. The molecule has 0 amide bonds. The number of carboxylic acid groups (broad SMARTS) is 1. The summed E-state index contributed by atoms with van der Waals surface area (Å²) in [6.07, 6.45) is 2.48. The average molecular weight is 244 g/mol. The summed E-state index contributed by atoms with van der Waals surface area (Å²) in [6, 6.07) is 5.84. The molecule has 2 aromatic rings. The first kappa shape index (κ1) is 11.3. The first-order valence-corrected chi connectivity index (χ1v) is 6.21. The van der Waals surface area contributed by atoms with Gasteiger partial charge >= 0.3 is 5.97 Å². The van der Waals surface area contributed by atoms with E-state index in [1.807, 2.05) is 36.7 Å². The van der Waals surface area contributed by atoms with Gasteiger partial charge in [0.2, 0.25) is 0 Å². The summed E-state index contributed by atoms with van der Waals surface area (Å²) in [5.74, 6) is 0.243. The molecule has 1 heterocycles. The Bertz CT molecular complexity index is 639. The van der Waals surface area contributed by atoms with Crippen LogP contribution in [-0.2, 0) is 17.3 Å². The number of aliphatic carboxylic acids is 1. The van der Waals surface area contributed by atoms with E-state index in [-0.39, 0.29) is 0 Å². The summed E-state index contributed by atoms with van der Waals surface area (Å²) < 4.78 is 2.01. The number of carbonyl (C=O) groups is 1. The zero-order valence-electron chi connectivity index (χ0n) is 10.6. The summed E-state index contributed by atoms with van der Waals surface area (Å²) >= 11 is 0. The number of hydrogen-bond donors (Lipinski definition) is 1. The fourth-order valence-corrected chi connectivity index (χ4v) is 2.76. The smallest absolute Gasteiger partial charge is 0.314 e. The van der Waals surface area contributed by atoms with Crippen LogP contribution in [0, 0.1) is 6.92 Å². The van der Waals surface area contributed by atoms with Gasteiger partial charge in [-0.05, 0) is 37.5 Å². The van der Waals surface area contributed by atoms with E-state index in [4.69, 9.17) is 0 Å². The molecule has 0 bridgehead atoms. The molecule has 1 aliphatic carbocycles. The Morgan fingerprint density at radius 1 is 1.44 bits per heavy atom. The van der Waals surface area contributed by atoms with Gasteiger partial charge in [-0.25, -0.2) is 4.98 Å². The molecule has 0 radical (unpaired) electrons. The Hall–Kier alpha value is -1.84. The van der Waals surface area contributed by atoms with Gasteiger partial charge in [-0.3, -0.25) is 4.79 Å². The van der Waals surface area contributed by atoms with E-state index in [0.29, 0.717) is 0 Å². The van der Waals surface area contributed by atoms with E-state index in [1.54, 1.807) is 0 Å². The molecule has 94 valence electrons. The number of fused-ring (bicyclic) bond motifs is 1. The molecule has 3 rings (SSSR count). The van der Waals surface area contributed by atoms with Gasteiger partial charge in [-0.2, -0.15) is 0 Å². The summed E-state index contributed by atoms with van der Waals surface area (Å²) in [7, 11) is 1.96. The predicted octanol–water partition coefficient (Wildman–Crippen LogP) is 2.39. The maximum Gasteiger partial charge on any atom is 0.314 e.